The third kappa shape index (κ3) is 3.43. The monoisotopic (exact) mass is 453 g/mol. The molecule has 5 rings (SSSR count). The van der Waals surface area contributed by atoms with Gasteiger partial charge in [-0.1, -0.05) is 48.0 Å². The second-order valence-corrected chi connectivity index (χ2v) is 8.19. The molecule has 1 aliphatic heterocycles. The Bertz CT molecular complexity index is 1310. The van der Waals surface area contributed by atoms with Crippen molar-refractivity contribution in [2.45, 2.75) is 25.6 Å². The van der Waals surface area contributed by atoms with Crippen LogP contribution in [0.5, 0.6) is 0 Å². The van der Waals surface area contributed by atoms with Gasteiger partial charge in [-0.2, -0.15) is 8.78 Å². The van der Waals surface area contributed by atoms with Crippen LogP contribution in [0, 0.1) is 0 Å². The predicted molar refractivity (Wildman–Crippen MR) is 117 cm³/mol. The first-order valence-electron chi connectivity index (χ1n) is 9.95. The van der Waals surface area contributed by atoms with Crippen molar-refractivity contribution >= 4 is 17.3 Å². The third-order valence-electron chi connectivity index (χ3n) is 5.68. The van der Waals surface area contributed by atoms with Crippen molar-refractivity contribution in [3.8, 4) is 22.6 Å². The molecule has 8 heteroatoms. The van der Waals surface area contributed by atoms with E-state index in [9.17, 15) is 13.9 Å². The Hall–Kier alpha value is -3.29. The maximum atomic E-state index is 12.8. The lowest BCUT2D eigenvalue weighted by Crippen LogP contribution is -2.38. The minimum Gasteiger partial charge on any atom is -0.415 e. The van der Waals surface area contributed by atoms with Gasteiger partial charge in [0.05, 0.1) is 0 Å². The number of fused-ring (bicyclic) bond motifs is 1. The van der Waals surface area contributed by atoms with Crippen LogP contribution in [0.2, 0.25) is 5.02 Å². The summed E-state index contributed by atoms with van der Waals surface area (Å²) in [5.74, 6) is -0.749. The molecule has 3 aromatic carbocycles. The number of nitrogens with zero attached hydrogens (tertiary/aromatic N) is 3. The highest BCUT2D eigenvalue weighted by atomic mass is 35.5. The van der Waals surface area contributed by atoms with Crippen LogP contribution in [-0.2, 0) is 12.3 Å². The maximum absolute atomic E-state index is 12.8. The number of para-hydroxylation sites is 1. The van der Waals surface area contributed by atoms with Crippen LogP contribution in [-0.4, -0.2) is 15.3 Å². The zero-order chi connectivity index (χ0) is 22.5. The Morgan fingerprint density at radius 1 is 1.03 bits per heavy atom. The van der Waals surface area contributed by atoms with Crippen LogP contribution in [0.3, 0.4) is 0 Å². The second kappa shape index (κ2) is 7.69. The van der Waals surface area contributed by atoms with Gasteiger partial charge in [0, 0.05) is 33.9 Å². The SMILES string of the molecule is CC1(O)c2cc(-c3nnc(C(F)F)o3)ccc2CN1c1ccccc1-c1cccc(Cl)c1. The Kier molecular flexibility index (Phi) is 4.95. The first-order chi connectivity index (χ1) is 15.3. The van der Waals surface area contributed by atoms with Gasteiger partial charge in [-0.3, -0.25) is 0 Å². The van der Waals surface area contributed by atoms with E-state index in [0.29, 0.717) is 22.7 Å². The first kappa shape index (κ1) is 20.6. The molecule has 0 saturated carbocycles. The molecule has 32 heavy (non-hydrogen) atoms. The summed E-state index contributed by atoms with van der Waals surface area (Å²) in [7, 11) is 0. The average Bonchev–Trinajstić information content (AvgIpc) is 3.37. The van der Waals surface area contributed by atoms with Gasteiger partial charge in [-0.25, -0.2) is 0 Å². The van der Waals surface area contributed by atoms with Gasteiger partial charge in [0.1, 0.15) is 0 Å². The van der Waals surface area contributed by atoms with E-state index in [-0.39, 0.29) is 5.89 Å². The standard InChI is InChI=1S/C24H18ClF2N3O2/c1-24(31)19-12-15(22-28-29-23(32-22)21(26)27)9-10-16(19)13-30(24)20-8-3-2-7-18(20)14-5-4-6-17(25)11-14/h2-12,21,31H,13H2,1H3. The van der Waals surface area contributed by atoms with Gasteiger partial charge in [0.2, 0.25) is 5.89 Å². The molecule has 1 N–H and O–H groups in total. The molecule has 0 aliphatic carbocycles. The fourth-order valence-corrected chi connectivity index (χ4v) is 4.32. The Morgan fingerprint density at radius 2 is 1.84 bits per heavy atom. The van der Waals surface area contributed by atoms with Crippen molar-refractivity contribution in [2.24, 2.45) is 0 Å². The highest BCUT2D eigenvalue weighted by Crippen LogP contribution is 2.45. The van der Waals surface area contributed by atoms with Crippen molar-refractivity contribution < 1.29 is 18.3 Å². The number of rotatable bonds is 4. The van der Waals surface area contributed by atoms with Crippen LogP contribution < -0.4 is 4.90 Å². The van der Waals surface area contributed by atoms with Gasteiger partial charge in [0.25, 0.3) is 5.89 Å². The van der Waals surface area contributed by atoms with Crippen molar-refractivity contribution in [2.75, 3.05) is 4.90 Å². The highest BCUT2D eigenvalue weighted by Gasteiger charge is 2.41. The van der Waals surface area contributed by atoms with Crippen LogP contribution >= 0.6 is 11.6 Å². The van der Waals surface area contributed by atoms with Crippen molar-refractivity contribution in [1.82, 2.24) is 10.2 Å². The minimum atomic E-state index is -2.84. The van der Waals surface area contributed by atoms with E-state index in [4.69, 9.17) is 16.0 Å². The molecule has 0 bridgehead atoms. The Morgan fingerprint density at radius 3 is 2.59 bits per heavy atom. The Balaban J connectivity index is 1.55. The maximum Gasteiger partial charge on any atom is 0.314 e. The molecule has 2 heterocycles. The van der Waals surface area contributed by atoms with Crippen molar-refractivity contribution in [1.29, 1.82) is 0 Å². The number of alkyl halides is 2. The molecule has 0 radical (unpaired) electrons. The molecule has 1 atom stereocenters. The van der Waals surface area contributed by atoms with Gasteiger partial charge in [-0.05, 0) is 48.4 Å². The summed E-state index contributed by atoms with van der Waals surface area (Å²) >= 11 is 6.20. The molecular weight excluding hydrogens is 436 g/mol. The molecule has 1 aromatic heterocycles. The van der Waals surface area contributed by atoms with E-state index < -0.39 is 18.0 Å². The zero-order valence-electron chi connectivity index (χ0n) is 17.0. The number of halogens is 3. The Labute approximate surface area is 187 Å². The summed E-state index contributed by atoms with van der Waals surface area (Å²) < 4.78 is 30.7. The molecule has 5 nitrogen and oxygen atoms in total. The summed E-state index contributed by atoms with van der Waals surface area (Å²) in [5, 5.41) is 19.3. The number of hydrogen-bond donors (Lipinski definition) is 1. The van der Waals surface area contributed by atoms with Crippen LogP contribution in [0.15, 0.2) is 71.1 Å². The van der Waals surface area contributed by atoms with Crippen LogP contribution in [0.1, 0.15) is 30.4 Å². The van der Waals surface area contributed by atoms with Gasteiger partial charge in [-0.15, -0.1) is 10.2 Å². The van der Waals surface area contributed by atoms with E-state index in [2.05, 4.69) is 10.2 Å². The first-order valence-corrected chi connectivity index (χ1v) is 10.3. The quantitative estimate of drug-likeness (QED) is 0.400. The number of anilines is 1. The van der Waals surface area contributed by atoms with E-state index in [1.807, 2.05) is 59.5 Å². The van der Waals surface area contributed by atoms with Gasteiger partial charge in [0.15, 0.2) is 5.72 Å². The number of hydrogen-bond acceptors (Lipinski definition) is 5. The molecule has 0 amide bonds. The average molecular weight is 454 g/mol. The molecule has 0 spiro atoms. The fraction of sp³-hybridized carbons (Fsp3) is 0.167. The topological polar surface area (TPSA) is 62.4 Å². The lowest BCUT2D eigenvalue weighted by molar-refractivity contribution is 0.0621. The fourth-order valence-electron chi connectivity index (χ4n) is 4.13. The smallest absolute Gasteiger partial charge is 0.314 e. The minimum absolute atomic E-state index is 0.0170. The van der Waals surface area contributed by atoms with Crippen molar-refractivity contribution in [3.05, 3.63) is 88.8 Å². The van der Waals surface area contributed by atoms with Gasteiger partial charge >= 0.3 is 6.43 Å². The zero-order valence-corrected chi connectivity index (χ0v) is 17.7. The van der Waals surface area contributed by atoms with E-state index in [0.717, 1.165) is 22.4 Å². The summed E-state index contributed by atoms with van der Waals surface area (Å²) in [6, 6.07) is 20.6. The van der Waals surface area contributed by atoms with Gasteiger partial charge < -0.3 is 14.4 Å². The number of aromatic nitrogens is 2. The highest BCUT2D eigenvalue weighted by molar-refractivity contribution is 6.30. The molecule has 162 valence electrons. The summed E-state index contributed by atoms with van der Waals surface area (Å²) in [5.41, 5.74) is 3.38. The molecule has 1 aliphatic rings. The summed E-state index contributed by atoms with van der Waals surface area (Å²) in [4.78, 5) is 1.90. The molecular formula is C24H18ClF2N3O2. The number of benzene rings is 3. The molecule has 0 saturated heterocycles. The lowest BCUT2D eigenvalue weighted by Gasteiger charge is -2.34. The van der Waals surface area contributed by atoms with Crippen LogP contribution in [0.25, 0.3) is 22.6 Å². The third-order valence-corrected chi connectivity index (χ3v) is 5.91. The normalized spacial score (nSPS) is 17.8. The van der Waals surface area contributed by atoms with E-state index >= 15 is 0 Å². The molecule has 1 unspecified atom stereocenters. The summed E-state index contributed by atoms with van der Waals surface area (Å²) in [6.45, 7) is 2.17. The van der Waals surface area contributed by atoms with Crippen molar-refractivity contribution in [3.63, 3.8) is 0 Å². The van der Waals surface area contributed by atoms with Crippen LogP contribution in [0.4, 0.5) is 14.5 Å². The lowest BCUT2D eigenvalue weighted by atomic mass is 9.98. The van der Waals surface area contributed by atoms with E-state index in [1.165, 1.54) is 0 Å². The second-order valence-electron chi connectivity index (χ2n) is 7.75. The molecule has 4 aromatic rings. The van der Waals surface area contributed by atoms with E-state index in [1.54, 1.807) is 19.1 Å². The summed E-state index contributed by atoms with van der Waals surface area (Å²) in [6.07, 6.45) is -2.84. The predicted octanol–water partition coefficient (Wildman–Crippen LogP) is 6.18. The number of aliphatic hydroxyl groups is 1. The largest absolute Gasteiger partial charge is 0.415 e. The molecule has 0 fully saturated rings.